The fourth-order valence-corrected chi connectivity index (χ4v) is 2.49. The second kappa shape index (κ2) is 8.32. The van der Waals surface area contributed by atoms with Gasteiger partial charge in [-0.15, -0.1) is 0 Å². The first-order valence-corrected chi connectivity index (χ1v) is 7.49. The van der Waals surface area contributed by atoms with E-state index in [1.165, 1.54) is 13.2 Å². The quantitative estimate of drug-likeness (QED) is 0.837. The predicted molar refractivity (Wildman–Crippen MR) is 79.3 cm³/mol. The maximum absolute atomic E-state index is 13.8. The van der Waals surface area contributed by atoms with Crippen molar-refractivity contribution in [1.82, 2.24) is 5.32 Å². The van der Waals surface area contributed by atoms with Gasteiger partial charge in [0.2, 0.25) is 0 Å². The Labute approximate surface area is 125 Å². The highest BCUT2D eigenvalue weighted by atomic mass is 19.1. The Hall–Kier alpha value is -1.17. The molecule has 1 N–H and O–H groups in total. The van der Waals surface area contributed by atoms with Crippen LogP contribution in [0, 0.1) is 5.82 Å². The summed E-state index contributed by atoms with van der Waals surface area (Å²) in [5.41, 5.74) is 0.927. The van der Waals surface area contributed by atoms with Gasteiger partial charge in [0.1, 0.15) is 0 Å². The summed E-state index contributed by atoms with van der Waals surface area (Å²) in [4.78, 5) is 0. The monoisotopic (exact) mass is 297 g/mol. The van der Waals surface area contributed by atoms with E-state index >= 15 is 0 Å². The second-order valence-corrected chi connectivity index (χ2v) is 5.22. The number of halogens is 1. The van der Waals surface area contributed by atoms with Crippen molar-refractivity contribution in [3.63, 3.8) is 0 Å². The molecule has 118 valence electrons. The molecule has 1 heterocycles. The van der Waals surface area contributed by atoms with Crippen LogP contribution in [0.5, 0.6) is 5.75 Å². The molecule has 0 aliphatic carbocycles. The number of ether oxygens (including phenoxy) is 3. The van der Waals surface area contributed by atoms with Crippen LogP contribution in [0.25, 0.3) is 0 Å². The fourth-order valence-electron chi connectivity index (χ4n) is 2.49. The van der Waals surface area contributed by atoms with E-state index < -0.39 is 0 Å². The lowest BCUT2D eigenvalue weighted by Crippen LogP contribution is -2.48. The van der Waals surface area contributed by atoms with Gasteiger partial charge in [-0.05, 0) is 37.1 Å². The zero-order chi connectivity index (χ0) is 15.1. The molecule has 0 spiro atoms. The van der Waals surface area contributed by atoms with E-state index in [0.717, 1.165) is 18.5 Å². The summed E-state index contributed by atoms with van der Waals surface area (Å²) in [7, 11) is 1.47. The van der Waals surface area contributed by atoms with Crippen LogP contribution in [-0.2, 0) is 15.9 Å². The van der Waals surface area contributed by atoms with E-state index in [0.29, 0.717) is 26.2 Å². The van der Waals surface area contributed by atoms with Gasteiger partial charge in [0, 0.05) is 6.04 Å². The molecule has 2 atom stereocenters. The molecule has 1 fully saturated rings. The van der Waals surface area contributed by atoms with Crippen LogP contribution in [-0.4, -0.2) is 45.6 Å². The molecule has 1 saturated heterocycles. The van der Waals surface area contributed by atoms with Crippen molar-refractivity contribution < 1.29 is 18.6 Å². The third kappa shape index (κ3) is 4.66. The summed E-state index contributed by atoms with van der Waals surface area (Å²) in [5.74, 6) is -0.0564. The molecule has 5 heteroatoms. The van der Waals surface area contributed by atoms with Gasteiger partial charge in [0.15, 0.2) is 11.6 Å². The van der Waals surface area contributed by atoms with Gasteiger partial charge >= 0.3 is 0 Å². The van der Waals surface area contributed by atoms with Crippen molar-refractivity contribution in [2.75, 3.05) is 33.5 Å². The maximum Gasteiger partial charge on any atom is 0.165 e. The summed E-state index contributed by atoms with van der Waals surface area (Å²) in [6, 6.07) is 5.22. The molecule has 0 saturated carbocycles. The first-order valence-electron chi connectivity index (χ1n) is 7.49. The fraction of sp³-hybridized carbons (Fsp3) is 0.625. The summed E-state index contributed by atoms with van der Waals surface area (Å²) in [5, 5.41) is 3.48. The number of hydrogen-bond donors (Lipinski definition) is 1. The average Bonchev–Trinajstić information content (AvgIpc) is 2.52. The van der Waals surface area contributed by atoms with Crippen molar-refractivity contribution in [3.8, 4) is 5.75 Å². The highest BCUT2D eigenvalue weighted by molar-refractivity contribution is 5.29. The Kier molecular flexibility index (Phi) is 6.42. The maximum atomic E-state index is 13.8. The van der Waals surface area contributed by atoms with Crippen LogP contribution < -0.4 is 10.1 Å². The first kappa shape index (κ1) is 16.2. The van der Waals surface area contributed by atoms with E-state index in [4.69, 9.17) is 14.2 Å². The second-order valence-electron chi connectivity index (χ2n) is 5.22. The lowest BCUT2D eigenvalue weighted by molar-refractivity contribution is -0.101. The zero-order valence-corrected chi connectivity index (χ0v) is 12.7. The number of rotatable bonds is 7. The molecular weight excluding hydrogens is 273 g/mol. The number of methoxy groups -OCH3 is 1. The van der Waals surface area contributed by atoms with Crippen molar-refractivity contribution in [2.24, 2.45) is 0 Å². The Balaban J connectivity index is 2.04. The molecule has 1 aromatic carbocycles. The van der Waals surface area contributed by atoms with Gasteiger partial charge in [-0.25, -0.2) is 4.39 Å². The van der Waals surface area contributed by atoms with Crippen LogP contribution in [0.15, 0.2) is 18.2 Å². The van der Waals surface area contributed by atoms with E-state index in [2.05, 4.69) is 12.2 Å². The predicted octanol–water partition coefficient (Wildman–Crippen LogP) is 2.16. The molecule has 0 amide bonds. The Morgan fingerprint density at radius 2 is 2.29 bits per heavy atom. The molecular formula is C16H24FNO3. The minimum Gasteiger partial charge on any atom is -0.494 e. The van der Waals surface area contributed by atoms with E-state index in [9.17, 15) is 4.39 Å². The van der Waals surface area contributed by atoms with Gasteiger partial charge in [0.25, 0.3) is 0 Å². The lowest BCUT2D eigenvalue weighted by atomic mass is 10.0. The SMILES string of the molecule is CCCNC(Cc1ccc(OC)c(F)c1)C1COCCO1. The van der Waals surface area contributed by atoms with Crippen molar-refractivity contribution in [1.29, 1.82) is 0 Å². The van der Waals surface area contributed by atoms with Crippen LogP contribution in [0.1, 0.15) is 18.9 Å². The van der Waals surface area contributed by atoms with Crippen LogP contribution in [0.4, 0.5) is 4.39 Å². The van der Waals surface area contributed by atoms with E-state index in [1.807, 2.05) is 6.07 Å². The minimum atomic E-state index is -0.329. The third-order valence-electron chi connectivity index (χ3n) is 3.62. The average molecular weight is 297 g/mol. The summed E-state index contributed by atoms with van der Waals surface area (Å²) >= 11 is 0. The Bertz CT molecular complexity index is 436. The van der Waals surface area contributed by atoms with Gasteiger partial charge in [-0.1, -0.05) is 13.0 Å². The van der Waals surface area contributed by atoms with Gasteiger partial charge in [0.05, 0.1) is 33.0 Å². The minimum absolute atomic E-state index is 0.00969. The third-order valence-corrected chi connectivity index (χ3v) is 3.62. The molecule has 0 radical (unpaired) electrons. The number of benzene rings is 1. The topological polar surface area (TPSA) is 39.7 Å². The zero-order valence-electron chi connectivity index (χ0n) is 12.7. The highest BCUT2D eigenvalue weighted by Crippen LogP contribution is 2.20. The number of hydrogen-bond acceptors (Lipinski definition) is 4. The van der Waals surface area contributed by atoms with Crippen molar-refractivity contribution in [3.05, 3.63) is 29.6 Å². The molecule has 4 nitrogen and oxygen atoms in total. The van der Waals surface area contributed by atoms with Crippen molar-refractivity contribution in [2.45, 2.75) is 31.9 Å². The van der Waals surface area contributed by atoms with Crippen LogP contribution >= 0.6 is 0 Å². The smallest absolute Gasteiger partial charge is 0.165 e. The van der Waals surface area contributed by atoms with Crippen LogP contribution in [0.2, 0.25) is 0 Å². The standard InChI is InChI=1S/C16H24FNO3/c1-3-6-18-14(16-11-20-7-8-21-16)10-12-4-5-15(19-2)13(17)9-12/h4-5,9,14,16,18H,3,6-8,10-11H2,1-2H3. The van der Waals surface area contributed by atoms with Crippen molar-refractivity contribution >= 4 is 0 Å². The lowest BCUT2D eigenvalue weighted by Gasteiger charge is -2.31. The molecule has 2 unspecified atom stereocenters. The highest BCUT2D eigenvalue weighted by Gasteiger charge is 2.25. The largest absolute Gasteiger partial charge is 0.494 e. The molecule has 0 aromatic heterocycles. The van der Waals surface area contributed by atoms with E-state index in [1.54, 1.807) is 6.07 Å². The molecule has 1 aliphatic rings. The molecule has 0 bridgehead atoms. The molecule has 1 aromatic rings. The van der Waals surface area contributed by atoms with Gasteiger partial charge in [-0.2, -0.15) is 0 Å². The molecule has 1 aliphatic heterocycles. The Morgan fingerprint density at radius 1 is 1.43 bits per heavy atom. The summed E-state index contributed by atoms with van der Waals surface area (Å²) < 4.78 is 30.0. The van der Waals surface area contributed by atoms with Crippen LogP contribution in [0.3, 0.4) is 0 Å². The number of nitrogens with one attached hydrogen (secondary N) is 1. The first-order chi connectivity index (χ1) is 10.2. The molecule has 2 rings (SSSR count). The Morgan fingerprint density at radius 3 is 2.90 bits per heavy atom. The van der Waals surface area contributed by atoms with E-state index in [-0.39, 0.29) is 23.7 Å². The molecule has 21 heavy (non-hydrogen) atoms. The summed E-state index contributed by atoms with van der Waals surface area (Å²) in [6.45, 7) is 4.87. The summed E-state index contributed by atoms with van der Waals surface area (Å²) in [6.07, 6.45) is 1.76. The van der Waals surface area contributed by atoms with Gasteiger partial charge < -0.3 is 19.5 Å². The normalized spacial score (nSPS) is 20.2. The van der Waals surface area contributed by atoms with Gasteiger partial charge in [-0.3, -0.25) is 0 Å².